The Morgan fingerprint density at radius 2 is 1.46 bits per heavy atom. The fraction of sp³-hybridized carbons (Fsp3) is 0.273. The lowest BCUT2D eigenvalue weighted by molar-refractivity contribution is 0.250. The van der Waals surface area contributed by atoms with Crippen molar-refractivity contribution in [2.45, 2.75) is 13.5 Å². The molecule has 0 aromatic heterocycles. The van der Waals surface area contributed by atoms with Crippen LogP contribution < -0.4 is 4.90 Å². The van der Waals surface area contributed by atoms with Gasteiger partial charge in [-0.15, -0.1) is 0 Å². The van der Waals surface area contributed by atoms with E-state index in [1.807, 2.05) is 0 Å². The Bertz CT molecular complexity index is 815. The van der Waals surface area contributed by atoms with Crippen LogP contribution in [0.2, 0.25) is 0 Å². The minimum Gasteiger partial charge on any atom is -0.369 e. The fourth-order valence-corrected chi connectivity index (χ4v) is 3.52. The fourth-order valence-electron chi connectivity index (χ4n) is 3.52. The molecule has 1 saturated heterocycles. The van der Waals surface area contributed by atoms with Crippen molar-refractivity contribution in [3.05, 3.63) is 77.9 Å². The first-order valence-electron chi connectivity index (χ1n) is 8.80. The Morgan fingerprint density at radius 1 is 0.750 bits per heavy atom. The highest BCUT2D eigenvalue weighted by molar-refractivity contribution is 5.82. The molecule has 0 radical (unpaired) electrons. The molecule has 24 heavy (non-hydrogen) atoms. The zero-order valence-electron chi connectivity index (χ0n) is 14.3. The summed E-state index contributed by atoms with van der Waals surface area (Å²) in [6.45, 7) is 7.66. The summed E-state index contributed by atoms with van der Waals surface area (Å²) in [5.41, 5.74) is 4.09. The number of nitrogens with zero attached hydrogens (tertiary/aromatic N) is 2. The molecular weight excluding hydrogens is 292 g/mol. The van der Waals surface area contributed by atoms with Crippen molar-refractivity contribution < 1.29 is 0 Å². The van der Waals surface area contributed by atoms with Crippen LogP contribution in [-0.2, 0) is 6.54 Å². The van der Waals surface area contributed by atoms with Gasteiger partial charge in [-0.1, -0.05) is 54.1 Å². The first kappa shape index (κ1) is 15.2. The van der Waals surface area contributed by atoms with Crippen LogP contribution >= 0.6 is 0 Å². The Balaban J connectivity index is 1.39. The number of anilines is 1. The minimum absolute atomic E-state index is 1.05. The van der Waals surface area contributed by atoms with Gasteiger partial charge < -0.3 is 4.90 Å². The Morgan fingerprint density at radius 3 is 2.21 bits per heavy atom. The highest BCUT2D eigenvalue weighted by Crippen LogP contribution is 2.20. The molecule has 0 aliphatic carbocycles. The van der Waals surface area contributed by atoms with Crippen LogP contribution in [0.1, 0.15) is 11.1 Å². The Labute approximate surface area is 144 Å². The second kappa shape index (κ2) is 6.66. The van der Waals surface area contributed by atoms with E-state index in [-0.39, 0.29) is 0 Å². The molecular formula is C22H24N2. The van der Waals surface area contributed by atoms with E-state index in [0.29, 0.717) is 0 Å². The normalized spacial score (nSPS) is 15.8. The van der Waals surface area contributed by atoms with Gasteiger partial charge in [0.15, 0.2) is 0 Å². The van der Waals surface area contributed by atoms with Crippen molar-refractivity contribution >= 4 is 16.5 Å². The number of piperazine rings is 1. The van der Waals surface area contributed by atoms with Gasteiger partial charge in [0, 0.05) is 38.4 Å². The topological polar surface area (TPSA) is 6.48 Å². The van der Waals surface area contributed by atoms with E-state index in [0.717, 1.165) is 32.7 Å². The summed E-state index contributed by atoms with van der Waals surface area (Å²) in [4.78, 5) is 5.06. The van der Waals surface area contributed by atoms with Crippen LogP contribution in [0, 0.1) is 6.92 Å². The molecule has 0 N–H and O–H groups in total. The van der Waals surface area contributed by atoms with Gasteiger partial charge in [-0.2, -0.15) is 0 Å². The van der Waals surface area contributed by atoms with Gasteiger partial charge >= 0.3 is 0 Å². The van der Waals surface area contributed by atoms with Crippen molar-refractivity contribution in [2.75, 3.05) is 31.1 Å². The van der Waals surface area contributed by atoms with Crippen LogP contribution in [0.25, 0.3) is 10.8 Å². The molecule has 2 nitrogen and oxygen atoms in total. The molecule has 1 aliphatic heterocycles. The van der Waals surface area contributed by atoms with Crippen LogP contribution in [0.4, 0.5) is 5.69 Å². The third-order valence-electron chi connectivity index (χ3n) is 4.99. The molecule has 3 aromatic rings. The zero-order chi connectivity index (χ0) is 16.4. The van der Waals surface area contributed by atoms with E-state index in [4.69, 9.17) is 0 Å². The minimum atomic E-state index is 1.05. The van der Waals surface area contributed by atoms with Gasteiger partial charge in [0.05, 0.1) is 0 Å². The lowest BCUT2D eigenvalue weighted by atomic mass is 10.1. The molecule has 4 rings (SSSR count). The first-order chi connectivity index (χ1) is 11.8. The maximum absolute atomic E-state index is 2.56. The molecule has 0 unspecified atom stereocenters. The van der Waals surface area contributed by atoms with Crippen molar-refractivity contribution in [3.63, 3.8) is 0 Å². The molecule has 122 valence electrons. The van der Waals surface area contributed by atoms with E-state index in [1.54, 1.807) is 0 Å². The number of hydrogen-bond acceptors (Lipinski definition) is 2. The van der Waals surface area contributed by atoms with Gasteiger partial charge in [-0.05, 0) is 41.5 Å². The van der Waals surface area contributed by atoms with Gasteiger partial charge in [-0.3, -0.25) is 4.90 Å². The second-order valence-corrected chi connectivity index (χ2v) is 6.78. The van der Waals surface area contributed by atoms with Crippen LogP contribution in [-0.4, -0.2) is 31.1 Å². The third-order valence-corrected chi connectivity index (χ3v) is 4.99. The number of rotatable bonds is 3. The van der Waals surface area contributed by atoms with Gasteiger partial charge in [0.25, 0.3) is 0 Å². The van der Waals surface area contributed by atoms with Crippen molar-refractivity contribution in [3.8, 4) is 0 Å². The summed E-state index contributed by atoms with van der Waals surface area (Å²) in [5, 5.41) is 2.67. The number of aryl methyl sites for hydroxylation is 1. The molecule has 0 spiro atoms. The first-order valence-corrected chi connectivity index (χ1v) is 8.80. The second-order valence-electron chi connectivity index (χ2n) is 6.78. The smallest absolute Gasteiger partial charge is 0.0367 e. The lowest BCUT2D eigenvalue weighted by Crippen LogP contribution is -2.45. The average molecular weight is 316 g/mol. The molecule has 0 atom stereocenters. The van der Waals surface area contributed by atoms with Crippen LogP contribution in [0.15, 0.2) is 66.7 Å². The standard InChI is InChI=1S/C22H24N2/c1-18-6-10-22(11-7-18)24-14-12-23(13-15-24)17-19-8-9-20-4-2-3-5-21(20)16-19/h2-11,16H,12-15,17H2,1H3. The lowest BCUT2D eigenvalue weighted by Gasteiger charge is -2.36. The Kier molecular flexibility index (Phi) is 4.22. The predicted molar refractivity (Wildman–Crippen MR) is 103 cm³/mol. The van der Waals surface area contributed by atoms with Crippen molar-refractivity contribution in [1.29, 1.82) is 0 Å². The van der Waals surface area contributed by atoms with Crippen molar-refractivity contribution in [1.82, 2.24) is 4.90 Å². The van der Waals surface area contributed by atoms with E-state index in [2.05, 4.69) is 83.5 Å². The average Bonchev–Trinajstić information content (AvgIpc) is 2.63. The number of hydrogen-bond donors (Lipinski definition) is 0. The monoisotopic (exact) mass is 316 g/mol. The molecule has 2 heteroatoms. The van der Waals surface area contributed by atoms with E-state index in [1.165, 1.54) is 27.6 Å². The van der Waals surface area contributed by atoms with E-state index in [9.17, 15) is 0 Å². The molecule has 1 heterocycles. The molecule has 1 fully saturated rings. The summed E-state index contributed by atoms with van der Waals surface area (Å²) in [7, 11) is 0. The molecule has 0 amide bonds. The summed E-state index contributed by atoms with van der Waals surface area (Å²) in [5.74, 6) is 0. The molecule has 3 aromatic carbocycles. The van der Waals surface area contributed by atoms with Crippen LogP contribution in [0.5, 0.6) is 0 Å². The van der Waals surface area contributed by atoms with Gasteiger partial charge in [-0.25, -0.2) is 0 Å². The van der Waals surface area contributed by atoms with Crippen LogP contribution in [0.3, 0.4) is 0 Å². The summed E-state index contributed by atoms with van der Waals surface area (Å²) in [6.07, 6.45) is 0. The van der Waals surface area contributed by atoms with Crippen molar-refractivity contribution in [2.24, 2.45) is 0 Å². The van der Waals surface area contributed by atoms with Gasteiger partial charge in [0.1, 0.15) is 0 Å². The largest absolute Gasteiger partial charge is 0.369 e. The Hall–Kier alpha value is -2.32. The van der Waals surface area contributed by atoms with Gasteiger partial charge in [0.2, 0.25) is 0 Å². The number of fused-ring (bicyclic) bond motifs is 1. The predicted octanol–water partition coefficient (Wildman–Crippen LogP) is 4.47. The SMILES string of the molecule is Cc1ccc(N2CCN(Cc3ccc4ccccc4c3)CC2)cc1. The maximum Gasteiger partial charge on any atom is 0.0367 e. The third kappa shape index (κ3) is 3.29. The van der Waals surface area contributed by atoms with E-state index >= 15 is 0 Å². The highest BCUT2D eigenvalue weighted by Gasteiger charge is 2.17. The number of benzene rings is 3. The zero-order valence-corrected chi connectivity index (χ0v) is 14.3. The quantitative estimate of drug-likeness (QED) is 0.703. The molecule has 0 bridgehead atoms. The molecule has 0 saturated carbocycles. The van der Waals surface area contributed by atoms with E-state index < -0.39 is 0 Å². The maximum atomic E-state index is 2.56. The summed E-state index contributed by atoms with van der Waals surface area (Å²) < 4.78 is 0. The summed E-state index contributed by atoms with van der Waals surface area (Å²) >= 11 is 0. The molecule has 1 aliphatic rings. The highest BCUT2D eigenvalue weighted by atomic mass is 15.3. The summed E-state index contributed by atoms with van der Waals surface area (Å²) in [6, 6.07) is 24.4.